The molecule has 182 valence electrons. The fourth-order valence-electron chi connectivity index (χ4n) is 4.19. The monoisotopic (exact) mass is 446 g/mol. The minimum absolute atomic E-state index is 0.305. The summed E-state index contributed by atoms with van der Waals surface area (Å²) >= 11 is 0. The van der Waals surface area contributed by atoms with Crippen LogP contribution in [0.15, 0.2) is 24.3 Å². The highest BCUT2D eigenvalue weighted by atomic mass is 16.5. The third kappa shape index (κ3) is 11.2. The zero-order valence-electron chi connectivity index (χ0n) is 21.0. The molecule has 1 rings (SSSR count). The first kappa shape index (κ1) is 28.2. The SMILES string of the molecule is CCCCC[C@@H](CCC)COC(=O)c1ccccc1C(=O)OC[C@H](CCC)CCCCC. The Morgan fingerprint density at radius 2 is 1.03 bits per heavy atom. The molecule has 0 N–H and O–H groups in total. The number of rotatable bonds is 18. The largest absolute Gasteiger partial charge is 0.462 e. The first-order valence-corrected chi connectivity index (χ1v) is 13.0. The molecule has 0 unspecified atom stereocenters. The number of ether oxygens (including phenoxy) is 2. The first-order valence-electron chi connectivity index (χ1n) is 13.0. The zero-order valence-corrected chi connectivity index (χ0v) is 21.0. The van der Waals surface area contributed by atoms with Crippen molar-refractivity contribution in [3.63, 3.8) is 0 Å². The van der Waals surface area contributed by atoms with Crippen LogP contribution in [0, 0.1) is 11.8 Å². The summed E-state index contributed by atoms with van der Waals surface area (Å²) in [5.74, 6) is -0.0931. The first-order chi connectivity index (χ1) is 15.6. The number of unbranched alkanes of at least 4 members (excludes halogenated alkanes) is 4. The van der Waals surface area contributed by atoms with Crippen molar-refractivity contribution in [3.05, 3.63) is 35.4 Å². The van der Waals surface area contributed by atoms with Gasteiger partial charge in [0.05, 0.1) is 24.3 Å². The summed E-state index contributed by atoms with van der Waals surface area (Å²) < 4.78 is 11.3. The average molecular weight is 447 g/mol. The van der Waals surface area contributed by atoms with Gasteiger partial charge >= 0.3 is 11.9 Å². The van der Waals surface area contributed by atoms with Gasteiger partial charge in [-0.2, -0.15) is 0 Å². The van der Waals surface area contributed by atoms with Crippen molar-refractivity contribution in [1.29, 1.82) is 0 Å². The maximum absolute atomic E-state index is 12.8. The molecule has 0 spiro atoms. The van der Waals surface area contributed by atoms with Gasteiger partial charge in [0.25, 0.3) is 0 Å². The molecule has 0 fully saturated rings. The van der Waals surface area contributed by atoms with Crippen molar-refractivity contribution in [2.75, 3.05) is 13.2 Å². The molecule has 0 aliphatic carbocycles. The van der Waals surface area contributed by atoms with Crippen LogP contribution in [0.25, 0.3) is 0 Å². The van der Waals surface area contributed by atoms with Crippen molar-refractivity contribution in [1.82, 2.24) is 0 Å². The van der Waals surface area contributed by atoms with Crippen molar-refractivity contribution in [2.45, 2.75) is 105 Å². The number of esters is 2. The predicted octanol–water partition coefficient (Wildman–Crippen LogP) is 7.99. The Balaban J connectivity index is 2.70. The van der Waals surface area contributed by atoms with E-state index in [0.29, 0.717) is 36.2 Å². The molecule has 4 nitrogen and oxygen atoms in total. The van der Waals surface area contributed by atoms with Crippen LogP contribution >= 0.6 is 0 Å². The maximum Gasteiger partial charge on any atom is 0.339 e. The predicted molar refractivity (Wildman–Crippen MR) is 132 cm³/mol. The summed E-state index contributed by atoms with van der Waals surface area (Å²) in [5, 5.41) is 0. The Morgan fingerprint density at radius 1 is 0.625 bits per heavy atom. The quantitative estimate of drug-likeness (QED) is 0.169. The van der Waals surface area contributed by atoms with E-state index in [9.17, 15) is 9.59 Å². The van der Waals surface area contributed by atoms with Crippen LogP contribution in [0.4, 0.5) is 0 Å². The van der Waals surface area contributed by atoms with E-state index in [4.69, 9.17) is 9.47 Å². The lowest BCUT2D eigenvalue weighted by atomic mass is 9.97. The van der Waals surface area contributed by atoms with Gasteiger partial charge in [-0.05, 0) is 49.7 Å². The third-order valence-corrected chi connectivity index (χ3v) is 6.09. The van der Waals surface area contributed by atoms with E-state index >= 15 is 0 Å². The van der Waals surface area contributed by atoms with Gasteiger partial charge in [0.1, 0.15) is 0 Å². The Morgan fingerprint density at radius 3 is 1.38 bits per heavy atom. The second-order valence-electron chi connectivity index (χ2n) is 9.04. The number of hydrogen-bond acceptors (Lipinski definition) is 4. The van der Waals surface area contributed by atoms with Crippen molar-refractivity contribution < 1.29 is 19.1 Å². The van der Waals surface area contributed by atoms with Crippen molar-refractivity contribution >= 4 is 11.9 Å². The van der Waals surface area contributed by atoms with Crippen molar-refractivity contribution in [2.24, 2.45) is 11.8 Å². The number of carbonyl (C=O) groups excluding carboxylic acids is 2. The lowest BCUT2D eigenvalue weighted by molar-refractivity contribution is 0.0377. The Kier molecular flexibility index (Phi) is 15.6. The van der Waals surface area contributed by atoms with Crippen LogP contribution in [0.5, 0.6) is 0 Å². The molecule has 2 atom stereocenters. The van der Waals surface area contributed by atoms with Gasteiger partial charge in [-0.1, -0.05) is 91.2 Å². The van der Waals surface area contributed by atoms with Gasteiger partial charge in [0, 0.05) is 0 Å². The van der Waals surface area contributed by atoms with E-state index in [2.05, 4.69) is 27.7 Å². The molecule has 0 saturated carbocycles. The van der Waals surface area contributed by atoms with Crippen LogP contribution < -0.4 is 0 Å². The highest BCUT2D eigenvalue weighted by Crippen LogP contribution is 2.20. The summed E-state index contributed by atoms with van der Waals surface area (Å²) in [6.07, 6.45) is 13.5. The number of benzene rings is 1. The Hall–Kier alpha value is -1.84. The molecule has 0 amide bonds. The van der Waals surface area contributed by atoms with Gasteiger partial charge in [0.15, 0.2) is 0 Å². The van der Waals surface area contributed by atoms with Gasteiger partial charge < -0.3 is 9.47 Å². The number of carbonyl (C=O) groups is 2. The molecular formula is C28H46O4. The fraction of sp³-hybridized carbons (Fsp3) is 0.714. The standard InChI is InChI=1S/C28H46O4/c1-5-9-11-17-23(15-7-3)21-31-27(29)25-19-13-14-20-26(25)28(30)32-22-24(16-8-4)18-12-10-6-2/h13-14,19-20,23-24H,5-12,15-18,21-22H2,1-4H3/t23-,24-/m1/s1. The van der Waals surface area contributed by atoms with E-state index in [1.807, 2.05) is 0 Å². The summed E-state index contributed by atoms with van der Waals surface area (Å²) in [6, 6.07) is 6.86. The summed E-state index contributed by atoms with van der Waals surface area (Å²) in [6.45, 7) is 9.54. The summed E-state index contributed by atoms with van der Waals surface area (Å²) in [5.41, 5.74) is 0.610. The average Bonchev–Trinajstić information content (AvgIpc) is 2.80. The minimum Gasteiger partial charge on any atom is -0.462 e. The zero-order chi connectivity index (χ0) is 23.6. The van der Waals surface area contributed by atoms with Gasteiger partial charge in [-0.3, -0.25) is 0 Å². The topological polar surface area (TPSA) is 52.6 Å². The molecule has 0 aliphatic heterocycles. The number of hydrogen-bond donors (Lipinski definition) is 0. The van der Waals surface area contributed by atoms with Crippen LogP contribution in [-0.2, 0) is 9.47 Å². The smallest absolute Gasteiger partial charge is 0.339 e. The fourth-order valence-corrected chi connectivity index (χ4v) is 4.19. The van der Waals surface area contributed by atoms with E-state index in [1.54, 1.807) is 24.3 Å². The maximum atomic E-state index is 12.8. The highest BCUT2D eigenvalue weighted by molar-refractivity contribution is 6.03. The lowest BCUT2D eigenvalue weighted by Gasteiger charge is -2.18. The van der Waals surface area contributed by atoms with Gasteiger partial charge in [0.2, 0.25) is 0 Å². The van der Waals surface area contributed by atoms with E-state index in [-0.39, 0.29) is 0 Å². The van der Waals surface area contributed by atoms with E-state index in [0.717, 1.165) is 38.5 Å². The molecule has 0 saturated heterocycles. The molecule has 1 aromatic rings. The molecule has 0 aliphatic rings. The van der Waals surface area contributed by atoms with E-state index < -0.39 is 11.9 Å². The lowest BCUT2D eigenvalue weighted by Crippen LogP contribution is -2.19. The second kappa shape index (κ2) is 17.7. The third-order valence-electron chi connectivity index (χ3n) is 6.09. The summed E-state index contributed by atoms with van der Waals surface area (Å²) in [7, 11) is 0. The van der Waals surface area contributed by atoms with Gasteiger partial charge in [-0.15, -0.1) is 0 Å². The van der Waals surface area contributed by atoms with Crippen molar-refractivity contribution in [3.8, 4) is 0 Å². The molecule has 0 aromatic heterocycles. The molecule has 1 aromatic carbocycles. The van der Waals surface area contributed by atoms with Gasteiger partial charge in [-0.25, -0.2) is 9.59 Å². The molecule has 0 radical (unpaired) electrons. The molecule has 0 bridgehead atoms. The normalized spacial score (nSPS) is 12.9. The Labute approximate surface area is 196 Å². The minimum atomic E-state index is -0.429. The highest BCUT2D eigenvalue weighted by Gasteiger charge is 2.21. The second-order valence-corrected chi connectivity index (χ2v) is 9.04. The molecular weight excluding hydrogens is 400 g/mol. The molecule has 32 heavy (non-hydrogen) atoms. The van der Waals surface area contributed by atoms with E-state index in [1.165, 1.54) is 38.5 Å². The van der Waals surface area contributed by atoms with Crippen LogP contribution in [-0.4, -0.2) is 25.2 Å². The van der Waals surface area contributed by atoms with Crippen LogP contribution in [0.1, 0.15) is 125 Å². The van der Waals surface area contributed by atoms with Crippen LogP contribution in [0.3, 0.4) is 0 Å². The molecule has 0 heterocycles. The molecule has 4 heteroatoms. The van der Waals surface area contributed by atoms with Crippen LogP contribution in [0.2, 0.25) is 0 Å². The Bertz CT molecular complexity index is 585. The summed E-state index contributed by atoms with van der Waals surface area (Å²) in [4.78, 5) is 25.6.